The molecule has 2 aliphatic rings. The number of rotatable bonds is 2. The Morgan fingerprint density at radius 3 is 2.65 bits per heavy atom. The number of thioether (sulfide) groups is 1. The maximum Gasteiger partial charge on any atom is 0.328 e. The molecule has 0 radical (unpaired) electrons. The van der Waals surface area contributed by atoms with Crippen LogP contribution in [0.2, 0.25) is 0 Å². The van der Waals surface area contributed by atoms with Crippen LogP contribution in [0.1, 0.15) is 61.1 Å². The Morgan fingerprint density at radius 1 is 1.20 bits per heavy atom. The molecule has 2 aliphatic carbocycles. The van der Waals surface area contributed by atoms with E-state index < -0.39 is 0 Å². The second-order valence-corrected chi connectivity index (χ2v) is 6.51. The first-order valence-corrected chi connectivity index (χ1v) is 8.02. The highest BCUT2D eigenvalue weighted by Crippen LogP contribution is 2.37. The summed E-state index contributed by atoms with van der Waals surface area (Å²) in [6.45, 7) is 0. The zero-order valence-corrected chi connectivity index (χ0v) is 12.0. The van der Waals surface area contributed by atoms with E-state index in [9.17, 15) is 9.59 Å². The molecular formula is C14H17N3O2S. The van der Waals surface area contributed by atoms with Crippen LogP contribution in [0.3, 0.4) is 0 Å². The van der Waals surface area contributed by atoms with E-state index in [1.807, 2.05) is 0 Å². The maximum atomic E-state index is 12.6. The van der Waals surface area contributed by atoms with Gasteiger partial charge < -0.3 is 4.98 Å². The van der Waals surface area contributed by atoms with E-state index in [-0.39, 0.29) is 22.5 Å². The first-order valence-electron chi connectivity index (χ1n) is 7.14. The Balaban J connectivity index is 2.05. The van der Waals surface area contributed by atoms with Crippen LogP contribution in [-0.4, -0.2) is 9.55 Å². The van der Waals surface area contributed by atoms with E-state index in [1.54, 1.807) is 0 Å². The average molecular weight is 291 g/mol. The fourth-order valence-electron chi connectivity index (χ4n) is 3.39. The van der Waals surface area contributed by atoms with Crippen molar-refractivity contribution in [1.29, 1.82) is 5.26 Å². The van der Waals surface area contributed by atoms with Gasteiger partial charge in [-0.15, -0.1) is 0 Å². The lowest BCUT2D eigenvalue weighted by atomic mass is 9.95. The molecule has 0 spiro atoms. The average Bonchev–Trinajstić information content (AvgIpc) is 2.84. The molecule has 1 atom stereocenters. The Morgan fingerprint density at radius 2 is 1.95 bits per heavy atom. The summed E-state index contributed by atoms with van der Waals surface area (Å²) in [5.74, 6) is 0. The molecule has 1 fully saturated rings. The van der Waals surface area contributed by atoms with Crippen molar-refractivity contribution in [3.63, 3.8) is 0 Å². The number of fused-ring (bicyclic) bond motifs is 1. The fraction of sp³-hybridized carbons (Fsp3) is 0.643. The minimum absolute atomic E-state index is 0.0490. The first-order chi connectivity index (χ1) is 9.72. The van der Waals surface area contributed by atoms with Gasteiger partial charge >= 0.3 is 5.69 Å². The minimum Gasteiger partial charge on any atom is -0.310 e. The minimum atomic E-state index is -0.300. The molecule has 1 heterocycles. The molecule has 1 unspecified atom stereocenters. The highest BCUT2D eigenvalue weighted by molar-refractivity contribution is 8.03. The van der Waals surface area contributed by atoms with Gasteiger partial charge in [0.05, 0.1) is 5.25 Å². The molecule has 3 rings (SSSR count). The standard InChI is InChI=1S/C14H17N3O2S/c15-8-20-11-7-6-10-12(11)16-14(19)17(13(10)18)9-4-2-1-3-5-9/h9,11H,1-7H2,(H,16,19). The van der Waals surface area contributed by atoms with E-state index in [4.69, 9.17) is 5.26 Å². The second-order valence-electron chi connectivity index (χ2n) is 5.53. The topological polar surface area (TPSA) is 78.7 Å². The summed E-state index contributed by atoms with van der Waals surface area (Å²) in [7, 11) is 0. The first kappa shape index (κ1) is 13.5. The Hall–Kier alpha value is -1.48. The van der Waals surface area contributed by atoms with Crippen molar-refractivity contribution in [2.24, 2.45) is 0 Å². The van der Waals surface area contributed by atoms with Crippen molar-refractivity contribution in [2.75, 3.05) is 0 Å². The maximum absolute atomic E-state index is 12.6. The normalized spacial score (nSPS) is 22.4. The van der Waals surface area contributed by atoms with Crippen molar-refractivity contribution in [1.82, 2.24) is 9.55 Å². The summed E-state index contributed by atoms with van der Waals surface area (Å²) in [5, 5.41) is 10.8. The summed E-state index contributed by atoms with van der Waals surface area (Å²) in [6, 6.07) is 0.0490. The third-order valence-electron chi connectivity index (χ3n) is 4.38. The molecule has 5 nitrogen and oxygen atoms in total. The molecule has 0 saturated heterocycles. The smallest absolute Gasteiger partial charge is 0.310 e. The van der Waals surface area contributed by atoms with Crippen LogP contribution in [0, 0.1) is 10.7 Å². The zero-order valence-electron chi connectivity index (χ0n) is 11.2. The van der Waals surface area contributed by atoms with Gasteiger partial charge in [-0.3, -0.25) is 9.36 Å². The van der Waals surface area contributed by atoms with Gasteiger partial charge in [-0.25, -0.2) is 4.79 Å². The third-order valence-corrected chi connectivity index (χ3v) is 5.24. The van der Waals surface area contributed by atoms with E-state index in [2.05, 4.69) is 10.4 Å². The van der Waals surface area contributed by atoms with Crippen molar-refractivity contribution in [3.05, 3.63) is 32.1 Å². The number of nitriles is 1. The molecule has 20 heavy (non-hydrogen) atoms. The van der Waals surface area contributed by atoms with Crippen LogP contribution in [0.4, 0.5) is 0 Å². The lowest BCUT2D eigenvalue weighted by Gasteiger charge is -2.23. The molecule has 1 aromatic heterocycles. The number of nitrogens with zero attached hydrogens (tertiary/aromatic N) is 2. The largest absolute Gasteiger partial charge is 0.328 e. The van der Waals surface area contributed by atoms with E-state index in [0.717, 1.165) is 43.9 Å². The Labute approximate surface area is 121 Å². The Kier molecular flexibility index (Phi) is 3.70. The SMILES string of the molecule is N#CSC1CCc2c1[nH]c(=O)n(C1CCCCC1)c2=O. The summed E-state index contributed by atoms with van der Waals surface area (Å²) in [6.07, 6.45) is 6.61. The number of nitrogens with one attached hydrogen (secondary N) is 1. The highest BCUT2D eigenvalue weighted by atomic mass is 32.2. The fourth-order valence-corrected chi connectivity index (χ4v) is 4.07. The Bertz CT molecular complexity index is 664. The molecule has 1 aromatic rings. The third kappa shape index (κ3) is 2.20. The number of hydrogen-bond acceptors (Lipinski definition) is 4. The van der Waals surface area contributed by atoms with Crippen LogP contribution in [0.15, 0.2) is 9.59 Å². The second kappa shape index (κ2) is 5.49. The molecule has 0 aromatic carbocycles. The van der Waals surface area contributed by atoms with Crippen molar-refractivity contribution in [3.8, 4) is 5.40 Å². The van der Waals surface area contributed by atoms with E-state index >= 15 is 0 Å². The van der Waals surface area contributed by atoms with Gasteiger partial charge in [0.15, 0.2) is 0 Å². The number of thiocyanates is 1. The number of hydrogen-bond donors (Lipinski definition) is 1. The number of aromatic amines is 1. The van der Waals surface area contributed by atoms with Crippen molar-refractivity contribution < 1.29 is 0 Å². The lowest BCUT2D eigenvalue weighted by molar-refractivity contribution is 0.335. The molecule has 0 amide bonds. The quantitative estimate of drug-likeness (QED) is 0.848. The van der Waals surface area contributed by atoms with Crippen molar-refractivity contribution in [2.45, 2.75) is 56.2 Å². The lowest BCUT2D eigenvalue weighted by Crippen LogP contribution is -2.40. The number of H-pyrrole nitrogens is 1. The van der Waals surface area contributed by atoms with Crippen LogP contribution < -0.4 is 11.2 Å². The summed E-state index contributed by atoms with van der Waals surface area (Å²) < 4.78 is 1.43. The predicted molar refractivity (Wildman–Crippen MR) is 77.7 cm³/mol. The summed E-state index contributed by atoms with van der Waals surface area (Å²) in [4.78, 5) is 27.7. The zero-order chi connectivity index (χ0) is 14.1. The summed E-state index contributed by atoms with van der Waals surface area (Å²) in [5.41, 5.74) is 0.962. The van der Waals surface area contributed by atoms with Crippen molar-refractivity contribution >= 4 is 11.8 Å². The molecule has 106 valence electrons. The van der Waals surface area contributed by atoms with Gasteiger partial charge in [0, 0.05) is 17.3 Å². The summed E-state index contributed by atoms with van der Waals surface area (Å²) >= 11 is 1.13. The van der Waals surface area contributed by atoms with Gasteiger partial charge in [0.25, 0.3) is 5.56 Å². The van der Waals surface area contributed by atoms with E-state index in [0.29, 0.717) is 17.7 Å². The van der Waals surface area contributed by atoms with Crippen LogP contribution in [-0.2, 0) is 6.42 Å². The molecule has 1 N–H and O–H groups in total. The van der Waals surface area contributed by atoms with Crippen LogP contribution >= 0.6 is 11.8 Å². The monoisotopic (exact) mass is 291 g/mol. The van der Waals surface area contributed by atoms with Gasteiger partial charge in [0.1, 0.15) is 5.40 Å². The molecule has 0 bridgehead atoms. The van der Waals surface area contributed by atoms with Crippen LogP contribution in [0.25, 0.3) is 0 Å². The van der Waals surface area contributed by atoms with Crippen LogP contribution in [0.5, 0.6) is 0 Å². The van der Waals surface area contributed by atoms with Gasteiger partial charge in [-0.05, 0) is 37.4 Å². The molecular weight excluding hydrogens is 274 g/mol. The highest BCUT2D eigenvalue weighted by Gasteiger charge is 2.30. The molecule has 1 saturated carbocycles. The van der Waals surface area contributed by atoms with E-state index in [1.165, 1.54) is 11.0 Å². The van der Waals surface area contributed by atoms with Gasteiger partial charge in [-0.1, -0.05) is 19.3 Å². The van der Waals surface area contributed by atoms with Gasteiger partial charge in [0.2, 0.25) is 0 Å². The number of aromatic nitrogens is 2. The van der Waals surface area contributed by atoms with Gasteiger partial charge in [-0.2, -0.15) is 5.26 Å². The molecule has 6 heteroatoms. The predicted octanol–water partition coefficient (Wildman–Crippen LogP) is 2.24. The molecule has 0 aliphatic heterocycles.